The van der Waals surface area contributed by atoms with E-state index < -0.39 is 0 Å². The van der Waals surface area contributed by atoms with Crippen molar-refractivity contribution in [1.82, 2.24) is 4.90 Å². The molecular weight excluding hydrogens is 338 g/mol. The van der Waals surface area contributed by atoms with Crippen LogP contribution in [0.1, 0.15) is 5.56 Å². The quantitative estimate of drug-likeness (QED) is 0.900. The fourth-order valence-electron chi connectivity index (χ4n) is 3.00. The normalized spacial score (nSPS) is 14.4. The maximum Gasteiger partial charge on any atom is 0.321 e. The van der Waals surface area contributed by atoms with Gasteiger partial charge >= 0.3 is 6.03 Å². The number of piperazine rings is 1. The van der Waals surface area contributed by atoms with Gasteiger partial charge in [-0.2, -0.15) is 0 Å². The number of urea groups is 1. The van der Waals surface area contributed by atoms with Gasteiger partial charge in [0.1, 0.15) is 5.75 Å². The third-order valence-corrected chi connectivity index (χ3v) is 4.64. The fraction of sp³-hybridized carbons (Fsp3) is 0.316. The largest absolute Gasteiger partial charge is 0.497 e. The van der Waals surface area contributed by atoms with Gasteiger partial charge in [-0.25, -0.2) is 4.79 Å². The van der Waals surface area contributed by atoms with Crippen LogP contribution >= 0.6 is 11.6 Å². The third kappa shape index (κ3) is 4.17. The van der Waals surface area contributed by atoms with Crippen molar-refractivity contribution in [3.8, 4) is 5.75 Å². The van der Waals surface area contributed by atoms with E-state index in [1.807, 2.05) is 47.4 Å². The number of ether oxygens (including phenoxy) is 1. The molecule has 1 aliphatic heterocycles. The fourth-order valence-corrected chi connectivity index (χ4v) is 3.23. The monoisotopic (exact) mass is 359 g/mol. The molecule has 25 heavy (non-hydrogen) atoms. The molecule has 1 fully saturated rings. The predicted octanol–water partition coefficient (Wildman–Crippen LogP) is 4.01. The molecule has 0 atom stereocenters. The molecule has 1 saturated heterocycles. The number of carbonyl (C=O) groups excluding carboxylic acids is 1. The zero-order chi connectivity index (χ0) is 17.8. The third-order valence-electron chi connectivity index (χ3n) is 4.41. The summed E-state index contributed by atoms with van der Waals surface area (Å²) >= 11 is 6.03. The number of methoxy groups -OCH3 is 1. The van der Waals surface area contributed by atoms with Crippen LogP contribution in [0.3, 0.4) is 0 Å². The summed E-state index contributed by atoms with van der Waals surface area (Å²) in [4.78, 5) is 16.6. The molecule has 1 aliphatic rings. The summed E-state index contributed by atoms with van der Waals surface area (Å²) in [5, 5.41) is 3.68. The van der Waals surface area contributed by atoms with Crippen molar-refractivity contribution in [1.29, 1.82) is 0 Å². The van der Waals surface area contributed by atoms with Crippen LogP contribution in [-0.2, 0) is 0 Å². The summed E-state index contributed by atoms with van der Waals surface area (Å²) in [6, 6.07) is 13.2. The highest BCUT2D eigenvalue weighted by molar-refractivity contribution is 6.30. The van der Waals surface area contributed by atoms with E-state index in [0.717, 1.165) is 35.1 Å². The Morgan fingerprint density at radius 3 is 2.36 bits per heavy atom. The lowest BCUT2D eigenvalue weighted by molar-refractivity contribution is 0.208. The molecule has 0 aliphatic carbocycles. The van der Waals surface area contributed by atoms with Crippen LogP contribution in [0, 0.1) is 6.92 Å². The SMILES string of the molecule is COc1ccc(NC(=O)N2CCN(c3ccc(Cl)cc3C)CC2)cc1. The second-order valence-electron chi connectivity index (χ2n) is 6.06. The van der Waals surface area contributed by atoms with Gasteiger partial charge in [0.25, 0.3) is 0 Å². The van der Waals surface area contributed by atoms with E-state index in [9.17, 15) is 4.79 Å². The predicted molar refractivity (Wildman–Crippen MR) is 102 cm³/mol. The van der Waals surface area contributed by atoms with E-state index in [4.69, 9.17) is 16.3 Å². The number of anilines is 2. The Morgan fingerprint density at radius 1 is 1.08 bits per heavy atom. The van der Waals surface area contributed by atoms with Crippen LogP contribution in [-0.4, -0.2) is 44.2 Å². The highest BCUT2D eigenvalue weighted by Crippen LogP contribution is 2.25. The molecule has 2 amide bonds. The van der Waals surface area contributed by atoms with Gasteiger partial charge in [-0.1, -0.05) is 11.6 Å². The number of nitrogens with one attached hydrogen (secondary N) is 1. The zero-order valence-corrected chi connectivity index (χ0v) is 15.2. The molecule has 6 heteroatoms. The molecule has 132 valence electrons. The number of benzene rings is 2. The van der Waals surface area contributed by atoms with E-state index in [2.05, 4.69) is 17.1 Å². The average molecular weight is 360 g/mol. The van der Waals surface area contributed by atoms with E-state index in [1.54, 1.807) is 7.11 Å². The van der Waals surface area contributed by atoms with E-state index >= 15 is 0 Å². The topological polar surface area (TPSA) is 44.8 Å². The summed E-state index contributed by atoms with van der Waals surface area (Å²) in [5.41, 5.74) is 3.10. The number of rotatable bonds is 3. The van der Waals surface area contributed by atoms with Gasteiger partial charge in [-0.05, 0) is 55.0 Å². The first-order valence-electron chi connectivity index (χ1n) is 8.28. The van der Waals surface area contributed by atoms with Crippen LogP contribution in [0.4, 0.5) is 16.2 Å². The number of hydrogen-bond donors (Lipinski definition) is 1. The standard InChI is InChI=1S/C19H22ClN3O2/c1-14-13-15(20)3-8-18(14)22-9-11-23(12-10-22)19(24)21-16-4-6-17(25-2)7-5-16/h3-8,13H,9-12H2,1-2H3,(H,21,24). The van der Waals surface area contributed by atoms with Crippen molar-refractivity contribution in [2.24, 2.45) is 0 Å². The molecule has 2 aromatic rings. The summed E-state index contributed by atoms with van der Waals surface area (Å²) < 4.78 is 5.12. The zero-order valence-electron chi connectivity index (χ0n) is 14.5. The maximum atomic E-state index is 12.4. The molecule has 0 bridgehead atoms. The van der Waals surface area contributed by atoms with Gasteiger partial charge in [0.05, 0.1) is 7.11 Å². The average Bonchev–Trinajstić information content (AvgIpc) is 2.62. The van der Waals surface area contributed by atoms with Crippen molar-refractivity contribution in [2.75, 3.05) is 43.5 Å². The summed E-state index contributed by atoms with van der Waals surface area (Å²) in [7, 11) is 1.62. The molecule has 0 saturated carbocycles. The van der Waals surface area contributed by atoms with Gasteiger partial charge < -0.3 is 19.9 Å². The van der Waals surface area contributed by atoms with Gasteiger partial charge in [0.15, 0.2) is 0 Å². The van der Waals surface area contributed by atoms with Crippen molar-refractivity contribution in [3.63, 3.8) is 0 Å². The van der Waals surface area contributed by atoms with Crippen molar-refractivity contribution < 1.29 is 9.53 Å². The van der Waals surface area contributed by atoms with Crippen LogP contribution in [0.2, 0.25) is 5.02 Å². The van der Waals surface area contributed by atoms with Crippen molar-refractivity contribution in [3.05, 3.63) is 53.1 Å². The van der Waals surface area contributed by atoms with Crippen molar-refractivity contribution in [2.45, 2.75) is 6.92 Å². The molecule has 2 aromatic carbocycles. The molecule has 0 spiro atoms. The Hall–Kier alpha value is -2.40. The summed E-state index contributed by atoms with van der Waals surface area (Å²) in [5.74, 6) is 0.768. The second-order valence-corrected chi connectivity index (χ2v) is 6.50. The first-order chi connectivity index (χ1) is 12.1. The number of carbonyl (C=O) groups is 1. The number of amides is 2. The van der Waals surface area contributed by atoms with E-state index in [1.165, 1.54) is 5.69 Å². The molecule has 0 unspecified atom stereocenters. The number of nitrogens with zero attached hydrogens (tertiary/aromatic N) is 2. The minimum atomic E-state index is -0.0716. The minimum Gasteiger partial charge on any atom is -0.497 e. The summed E-state index contributed by atoms with van der Waals surface area (Å²) in [6.45, 7) is 5.04. The smallest absolute Gasteiger partial charge is 0.321 e. The van der Waals surface area contributed by atoms with E-state index in [-0.39, 0.29) is 6.03 Å². The van der Waals surface area contributed by atoms with Crippen LogP contribution < -0.4 is 15.0 Å². The molecule has 1 heterocycles. The second kappa shape index (κ2) is 7.66. The molecule has 0 radical (unpaired) electrons. The lowest BCUT2D eigenvalue weighted by Crippen LogP contribution is -2.50. The molecular formula is C19H22ClN3O2. The van der Waals surface area contributed by atoms with Gasteiger partial charge in [0.2, 0.25) is 0 Å². The molecule has 0 aromatic heterocycles. The number of halogens is 1. The Bertz CT molecular complexity index is 741. The number of hydrogen-bond acceptors (Lipinski definition) is 3. The lowest BCUT2D eigenvalue weighted by Gasteiger charge is -2.36. The Balaban J connectivity index is 1.56. The highest BCUT2D eigenvalue weighted by Gasteiger charge is 2.22. The highest BCUT2D eigenvalue weighted by atomic mass is 35.5. The van der Waals surface area contributed by atoms with Crippen molar-refractivity contribution >= 4 is 29.0 Å². The Labute approximate surface area is 153 Å². The summed E-state index contributed by atoms with van der Waals surface area (Å²) in [6.07, 6.45) is 0. The van der Waals surface area contributed by atoms with Crippen LogP contribution in [0.5, 0.6) is 5.75 Å². The van der Waals surface area contributed by atoms with Gasteiger partial charge in [-0.15, -0.1) is 0 Å². The molecule has 5 nitrogen and oxygen atoms in total. The van der Waals surface area contributed by atoms with Crippen LogP contribution in [0.25, 0.3) is 0 Å². The van der Waals surface area contributed by atoms with E-state index in [0.29, 0.717) is 13.1 Å². The first-order valence-corrected chi connectivity index (χ1v) is 8.65. The maximum absolute atomic E-state index is 12.4. The molecule has 3 rings (SSSR count). The minimum absolute atomic E-state index is 0.0716. The lowest BCUT2D eigenvalue weighted by atomic mass is 10.1. The Kier molecular flexibility index (Phi) is 5.34. The number of aryl methyl sites for hydroxylation is 1. The van der Waals surface area contributed by atoms with Gasteiger partial charge in [0, 0.05) is 42.6 Å². The Morgan fingerprint density at radius 2 is 1.76 bits per heavy atom. The molecule has 1 N–H and O–H groups in total. The van der Waals surface area contributed by atoms with Gasteiger partial charge in [-0.3, -0.25) is 0 Å². The first kappa shape index (κ1) is 17.4. The van der Waals surface area contributed by atoms with Crippen LogP contribution in [0.15, 0.2) is 42.5 Å².